The van der Waals surface area contributed by atoms with E-state index >= 15 is 0 Å². The fourth-order valence-electron chi connectivity index (χ4n) is 5.18. The molecule has 2 aliphatic heterocycles. The molecule has 6 rings (SSSR count). The first-order chi connectivity index (χ1) is 19.0. The van der Waals surface area contributed by atoms with Crippen LogP contribution in [-0.2, 0) is 11.3 Å². The van der Waals surface area contributed by atoms with Crippen LogP contribution in [0.1, 0.15) is 43.7 Å². The molecule has 0 radical (unpaired) electrons. The average molecular weight is 551 g/mol. The largest absolute Gasteiger partial charge is 0.378 e. The third-order valence-electron chi connectivity index (χ3n) is 7.54. The molecule has 2 saturated heterocycles. The number of morpholine rings is 1. The van der Waals surface area contributed by atoms with Crippen LogP contribution >= 0.6 is 11.6 Å². The van der Waals surface area contributed by atoms with Crippen LogP contribution in [0.25, 0.3) is 11.3 Å². The van der Waals surface area contributed by atoms with E-state index in [2.05, 4.69) is 39.2 Å². The SMILES string of the molecule is CC(C)c1cnn2c(NCc3c(Cl)cccc3-n3cc(N4CCOCC4)cn3)nc(N3CCC(N)CC3)nc12. The van der Waals surface area contributed by atoms with Gasteiger partial charge in [0.15, 0.2) is 5.65 Å². The van der Waals surface area contributed by atoms with Crippen molar-refractivity contribution in [1.29, 1.82) is 0 Å². The van der Waals surface area contributed by atoms with Crippen LogP contribution in [0, 0.1) is 0 Å². The van der Waals surface area contributed by atoms with Gasteiger partial charge in [-0.15, -0.1) is 0 Å². The highest BCUT2D eigenvalue weighted by molar-refractivity contribution is 6.31. The molecule has 206 valence electrons. The molecule has 5 heterocycles. The fourth-order valence-corrected chi connectivity index (χ4v) is 5.42. The van der Waals surface area contributed by atoms with Crippen molar-refractivity contribution >= 4 is 34.8 Å². The van der Waals surface area contributed by atoms with Crippen LogP contribution in [0.2, 0.25) is 5.02 Å². The van der Waals surface area contributed by atoms with Gasteiger partial charge in [-0.2, -0.15) is 24.7 Å². The number of halogens is 1. The molecule has 2 fully saturated rings. The lowest BCUT2D eigenvalue weighted by molar-refractivity contribution is 0.122. The Hall–Kier alpha value is -3.41. The minimum atomic E-state index is 0.230. The van der Waals surface area contributed by atoms with Gasteiger partial charge in [0.1, 0.15) is 0 Å². The topological polar surface area (TPSA) is 115 Å². The molecule has 0 bridgehead atoms. The van der Waals surface area contributed by atoms with Crippen molar-refractivity contribution in [3.05, 3.63) is 52.9 Å². The van der Waals surface area contributed by atoms with Crippen LogP contribution in [0.3, 0.4) is 0 Å². The molecule has 0 unspecified atom stereocenters. The Morgan fingerprint density at radius 2 is 1.85 bits per heavy atom. The van der Waals surface area contributed by atoms with Gasteiger partial charge in [0.05, 0.1) is 43.2 Å². The van der Waals surface area contributed by atoms with Gasteiger partial charge in [-0.3, -0.25) is 0 Å². The first-order valence-electron chi connectivity index (χ1n) is 13.6. The van der Waals surface area contributed by atoms with Crippen LogP contribution < -0.4 is 20.9 Å². The Labute approximate surface area is 232 Å². The number of hydrogen-bond acceptors (Lipinski definition) is 9. The van der Waals surface area contributed by atoms with E-state index in [0.717, 1.165) is 80.4 Å². The Kier molecular flexibility index (Phi) is 7.28. The molecule has 11 nitrogen and oxygen atoms in total. The average Bonchev–Trinajstić information content (AvgIpc) is 3.61. The second kappa shape index (κ2) is 11.0. The summed E-state index contributed by atoms with van der Waals surface area (Å²) in [6.07, 6.45) is 7.67. The summed E-state index contributed by atoms with van der Waals surface area (Å²) in [5.41, 5.74) is 11.0. The van der Waals surface area contributed by atoms with Gasteiger partial charge in [-0.05, 0) is 30.9 Å². The van der Waals surface area contributed by atoms with Crippen molar-refractivity contribution in [2.24, 2.45) is 5.73 Å². The lowest BCUT2D eigenvalue weighted by atomic mass is 10.1. The van der Waals surface area contributed by atoms with E-state index in [-0.39, 0.29) is 12.0 Å². The normalized spacial score (nSPS) is 16.9. The summed E-state index contributed by atoms with van der Waals surface area (Å²) in [6.45, 7) is 9.57. The van der Waals surface area contributed by atoms with Crippen LogP contribution in [0.4, 0.5) is 17.6 Å². The Balaban J connectivity index is 1.31. The molecule has 2 aliphatic rings. The van der Waals surface area contributed by atoms with Gasteiger partial charge in [0.2, 0.25) is 11.9 Å². The van der Waals surface area contributed by atoms with E-state index in [4.69, 9.17) is 32.0 Å². The molecule has 4 aromatic rings. The molecule has 0 atom stereocenters. The molecule has 12 heteroatoms. The summed E-state index contributed by atoms with van der Waals surface area (Å²) in [7, 11) is 0. The van der Waals surface area contributed by atoms with Crippen LogP contribution in [0.15, 0.2) is 36.8 Å². The zero-order chi connectivity index (χ0) is 26.9. The van der Waals surface area contributed by atoms with Gasteiger partial charge in [0.25, 0.3) is 0 Å². The minimum Gasteiger partial charge on any atom is -0.378 e. The minimum absolute atomic E-state index is 0.230. The summed E-state index contributed by atoms with van der Waals surface area (Å²) >= 11 is 6.75. The number of ether oxygens (including phenoxy) is 1. The molecule has 0 saturated carbocycles. The number of nitrogens with zero attached hydrogens (tertiary/aromatic N) is 8. The van der Waals surface area contributed by atoms with E-state index < -0.39 is 0 Å². The highest BCUT2D eigenvalue weighted by atomic mass is 35.5. The van der Waals surface area contributed by atoms with E-state index in [1.54, 1.807) is 4.52 Å². The van der Waals surface area contributed by atoms with E-state index in [0.29, 0.717) is 23.5 Å². The smallest absolute Gasteiger partial charge is 0.230 e. The molecule has 1 aromatic carbocycles. The summed E-state index contributed by atoms with van der Waals surface area (Å²) < 4.78 is 9.17. The summed E-state index contributed by atoms with van der Waals surface area (Å²) in [5, 5.41) is 13.5. The quantitative estimate of drug-likeness (QED) is 0.357. The monoisotopic (exact) mass is 550 g/mol. The standard InChI is InChI=1S/C27H35ClN10O/c1-18(2)21-16-32-38-25(21)33-27(36-8-6-19(29)7-9-36)34-26(38)30-15-22-23(28)4-3-5-24(22)37-17-20(14-31-37)35-10-12-39-13-11-35/h3-5,14,16-19H,6-13,15,29H2,1-2H3,(H,30,33,34). The van der Waals surface area contributed by atoms with Crippen molar-refractivity contribution in [3.63, 3.8) is 0 Å². The zero-order valence-electron chi connectivity index (χ0n) is 22.4. The number of benzene rings is 1. The predicted molar refractivity (Wildman–Crippen MR) is 153 cm³/mol. The number of rotatable bonds is 7. The highest BCUT2D eigenvalue weighted by Gasteiger charge is 2.23. The van der Waals surface area contributed by atoms with Crippen LogP contribution in [0.5, 0.6) is 0 Å². The molecule has 39 heavy (non-hydrogen) atoms. The molecular weight excluding hydrogens is 516 g/mol. The number of piperidine rings is 1. The summed E-state index contributed by atoms with van der Waals surface area (Å²) in [6, 6.07) is 6.11. The van der Waals surface area contributed by atoms with Crippen molar-refractivity contribution < 1.29 is 4.74 Å². The van der Waals surface area contributed by atoms with E-state index in [1.807, 2.05) is 41.5 Å². The number of hydrogen-bond donors (Lipinski definition) is 2. The highest BCUT2D eigenvalue weighted by Crippen LogP contribution is 2.28. The van der Waals surface area contributed by atoms with Crippen molar-refractivity contribution in [2.45, 2.75) is 45.2 Å². The van der Waals surface area contributed by atoms with Crippen molar-refractivity contribution in [2.75, 3.05) is 54.5 Å². The van der Waals surface area contributed by atoms with E-state index in [1.165, 1.54) is 0 Å². The molecule has 3 N–H and O–H groups in total. The maximum Gasteiger partial charge on any atom is 0.230 e. The molecule has 0 amide bonds. The van der Waals surface area contributed by atoms with E-state index in [9.17, 15) is 0 Å². The number of nitrogens with one attached hydrogen (secondary N) is 1. The molecular formula is C27H35ClN10O. The summed E-state index contributed by atoms with van der Waals surface area (Å²) in [4.78, 5) is 14.3. The molecule has 0 aliphatic carbocycles. The second-order valence-corrected chi connectivity index (χ2v) is 10.9. The second-order valence-electron chi connectivity index (χ2n) is 10.5. The lowest BCUT2D eigenvalue weighted by Gasteiger charge is -2.30. The summed E-state index contributed by atoms with van der Waals surface area (Å²) in [5.74, 6) is 1.60. The number of aromatic nitrogens is 6. The third kappa shape index (κ3) is 5.26. The van der Waals surface area contributed by atoms with Gasteiger partial charge < -0.3 is 25.6 Å². The lowest BCUT2D eigenvalue weighted by Crippen LogP contribution is -2.40. The zero-order valence-corrected chi connectivity index (χ0v) is 23.2. The third-order valence-corrected chi connectivity index (χ3v) is 7.89. The Bertz CT molecular complexity index is 1440. The first kappa shape index (κ1) is 25.8. The molecule has 0 spiro atoms. The predicted octanol–water partition coefficient (Wildman–Crippen LogP) is 3.46. The van der Waals surface area contributed by atoms with Gasteiger partial charge in [-0.1, -0.05) is 31.5 Å². The maximum atomic E-state index is 6.75. The van der Waals surface area contributed by atoms with Gasteiger partial charge in [0, 0.05) is 54.9 Å². The maximum absolute atomic E-state index is 6.75. The van der Waals surface area contributed by atoms with Gasteiger partial charge in [-0.25, -0.2) is 4.68 Å². The molecule has 3 aromatic heterocycles. The van der Waals surface area contributed by atoms with Crippen molar-refractivity contribution in [1.82, 2.24) is 29.4 Å². The van der Waals surface area contributed by atoms with Crippen LogP contribution in [-0.4, -0.2) is 74.8 Å². The fraction of sp³-hybridized carbons (Fsp3) is 0.481. The first-order valence-corrected chi connectivity index (χ1v) is 14.0. The van der Waals surface area contributed by atoms with Gasteiger partial charge >= 0.3 is 0 Å². The number of fused-ring (bicyclic) bond motifs is 1. The number of nitrogens with two attached hydrogens (primary N) is 1. The Morgan fingerprint density at radius 3 is 2.62 bits per heavy atom. The van der Waals surface area contributed by atoms with Crippen molar-refractivity contribution in [3.8, 4) is 5.69 Å². The number of anilines is 3. The Morgan fingerprint density at radius 1 is 1.05 bits per heavy atom.